The summed E-state index contributed by atoms with van der Waals surface area (Å²) in [4.78, 5) is 16.4. The zero-order valence-electron chi connectivity index (χ0n) is 11.7. The van der Waals surface area contributed by atoms with E-state index in [1.54, 1.807) is 19.2 Å². The molecule has 4 heteroatoms. The van der Waals surface area contributed by atoms with Gasteiger partial charge in [-0.2, -0.15) is 0 Å². The molecule has 0 saturated heterocycles. The molecule has 0 N–H and O–H groups in total. The number of halogens is 1. The summed E-state index contributed by atoms with van der Waals surface area (Å²) in [6.07, 6.45) is 3.06. The molecular formula is C16H16FNO2. The molecule has 1 aromatic carbocycles. The minimum absolute atomic E-state index is 0.00899. The predicted molar refractivity (Wildman–Crippen MR) is 74.6 cm³/mol. The maximum atomic E-state index is 13.1. The van der Waals surface area contributed by atoms with Crippen LogP contribution < -0.4 is 4.74 Å². The van der Waals surface area contributed by atoms with Crippen molar-refractivity contribution in [3.05, 3.63) is 59.2 Å². The fourth-order valence-electron chi connectivity index (χ4n) is 1.92. The number of benzene rings is 1. The number of aryl methyl sites for hydroxylation is 1. The molecule has 1 aromatic heterocycles. The average Bonchev–Trinajstić information content (AvgIpc) is 2.37. The van der Waals surface area contributed by atoms with Crippen molar-refractivity contribution in [1.82, 2.24) is 4.98 Å². The van der Waals surface area contributed by atoms with E-state index in [-0.39, 0.29) is 17.7 Å². The first kappa shape index (κ1) is 14.2. The van der Waals surface area contributed by atoms with Crippen molar-refractivity contribution in [2.45, 2.75) is 26.9 Å². The first-order valence-corrected chi connectivity index (χ1v) is 6.40. The van der Waals surface area contributed by atoms with E-state index in [1.165, 1.54) is 24.4 Å². The summed E-state index contributed by atoms with van der Waals surface area (Å²) in [7, 11) is 0. The Morgan fingerprint density at radius 1 is 1.25 bits per heavy atom. The predicted octanol–water partition coefficient (Wildman–Crippen LogP) is 3.55. The lowest BCUT2D eigenvalue weighted by atomic mass is 10.00. The third-order valence-corrected chi connectivity index (χ3v) is 2.78. The van der Waals surface area contributed by atoms with Crippen molar-refractivity contribution < 1.29 is 13.9 Å². The number of carbonyl (C=O) groups is 1. The molecule has 20 heavy (non-hydrogen) atoms. The number of ether oxygens (including phenoxy) is 1. The van der Waals surface area contributed by atoms with Gasteiger partial charge in [0.2, 0.25) is 0 Å². The Labute approximate surface area is 117 Å². The summed E-state index contributed by atoms with van der Waals surface area (Å²) in [5.41, 5.74) is 1.50. The summed E-state index contributed by atoms with van der Waals surface area (Å²) in [6, 6.07) is 5.76. The van der Waals surface area contributed by atoms with E-state index in [4.69, 9.17) is 4.74 Å². The van der Waals surface area contributed by atoms with Gasteiger partial charge in [-0.3, -0.25) is 9.78 Å². The van der Waals surface area contributed by atoms with Crippen molar-refractivity contribution in [2.75, 3.05) is 0 Å². The third kappa shape index (κ3) is 3.20. The van der Waals surface area contributed by atoms with Crippen LogP contribution in [-0.4, -0.2) is 16.9 Å². The van der Waals surface area contributed by atoms with Crippen LogP contribution >= 0.6 is 0 Å². The zero-order valence-corrected chi connectivity index (χ0v) is 11.7. The van der Waals surface area contributed by atoms with Crippen LogP contribution in [0.1, 0.15) is 35.3 Å². The van der Waals surface area contributed by atoms with Gasteiger partial charge >= 0.3 is 0 Å². The van der Waals surface area contributed by atoms with Gasteiger partial charge in [0.25, 0.3) is 0 Å². The number of nitrogens with zero attached hydrogens (tertiary/aromatic N) is 1. The molecule has 1 heterocycles. The fraction of sp³-hybridized carbons (Fsp3) is 0.250. The van der Waals surface area contributed by atoms with Gasteiger partial charge < -0.3 is 4.74 Å². The lowest BCUT2D eigenvalue weighted by molar-refractivity contribution is 0.103. The number of hydrogen-bond acceptors (Lipinski definition) is 3. The molecule has 0 aliphatic carbocycles. The molecule has 2 rings (SSSR count). The van der Waals surface area contributed by atoms with E-state index >= 15 is 0 Å². The second-order valence-electron chi connectivity index (χ2n) is 4.86. The highest BCUT2D eigenvalue weighted by Gasteiger charge is 2.13. The van der Waals surface area contributed by atoms with Gasteiger partial charge in [-0.25, -0.2) is 4.39 Å². The number of hydrogen-bond donors (Lipinski definition) is 0. The topological polar surface area (TPSA) is 39.2 Å². The van der Waals surface area contributed by atoms with E-state index in [1.807, 2.05) is 13.8 Å². The number of aromatic nitrogens is 1. The largest absolute Gasteiger partial charge is 0.489 e. The standard InChI is InChI=1S/C16H16FNO2/c1-10(2)20-14-7-12(8-18-9-14)16(19)15-5-4-13(17)6-11(15)3/h4-10H,1-3H3. The van der Waals surface area contributed by atoms with Gasteiger partial charge in [0.05, 0.1) is 12.3 Å². The number of pyridine rings is 1. The van der Waals surface area contributed by atoms with Crippen LogP contribution in [0.2, 0.25) is 0 Å². The lowest BCUT2D eigenvalue weighted by Gasteiger charge is -2.10. The Morgan fingerprint density at radius 3 is 2.65 bits per heavy atom. The highest BCUT2D eigenvalue weighted by atomic mass is 19.1. The molecule has 0 aliphatic rings. The minimum atomic E-state index is -0.353. The smallest absolute Gasteiger partial charge is 0.194 e. The van der Waals surface area contributed by atoms with Gasteiger partial charge in [-0.1, -0.05) is 0 Å². The fourth-order valence-corrected chi connectivity index (χ4v) is 1.92. The van der Waals surface area contributed by atoms with E-state index in [2.05, 4.69) is 4.98 Å². The second kappa shape index (κ2) is 5.82. The van der Waals surface area contributed by atoms with Crippen molar-refractivity contribution in [3.63, 3.8) is 0 Å². The zero-order chi connectivity index (χ0) is 14.7. The molecule has 104 valence electrons. The maximum Gasteiger partial charge on any atom is 0.194 e. The molecule has 0 atom stereocenters. The summed E-state index contributed by atoms with van der Waals surface area (Å²) < 4.78 is 18.6. The van der Waals surface area contributed by atoms with Crippen LogP contribution in [0.15, 0.2) is 36.7 Å². The lowest BCUT2D eigenvalue weighted by Crippen LogP contribution is -2.08. The Hall–Kier alpha value is -2.23. The van der Waals surface area contributed by atoms with Gasteiger partial charge in [0, 0.05) is 17.3 Å². The van der Waals surface area contributed by atoms with Crippen molar-refractivity contribution in [3.8, 4) is 5.75 Å². The third-order valence-electron chi connectivity index (χ3n) is 2.78. The van der Waals surface area contributed by atoms with Crippen LogP contribution in [-0.2, 0) is 0 Å². The Morgan fingerprint density at radius 2 is 2.00 bits per heavy atom. The van der Waals surface area contributed by atoms with Gasteiger partial charge in [-0.05, 0) is 50.6 Å². The molecule has 0 aliphatic heterocycles. The SMILES string of the molecule is Cc1cc(F)ccc1C(=O)c1cncc(OC(C)C)c1. The molecule has 0 bridgehead atoms. The monoisotopic (exact) mass is 273 g/mol. The molecule has 3 nitrogen and oxygen atoms in total. The summed E-state index contributed by atoms with van der Waals surface area (Å²) in [5, 5.41) is 0. The molecule has 0 saturated carbocycles. The normalized spacial score (nSPS) is 10.7. The van der Waals surface area contributed by atoms with E-state index in [0.717, 1.165) is 0 Å². The molecule has 0 fully saturated rings. The first-order chi connectivity index (χ1) is 9.47. The molecule has 0 amide bonds. The van der Waals surface area contributed by atoms with Crippen LogP contribution in [0, 0.1) is 12.7 Å². The molecule has 0 spiro atoms. The van der Waals surface area contributed by atoms with Crippen molar-refractivity contribution in [1.29, 1.82) is 0 Å². The summed E-state index contributed by atoms with van der Waals surface area (Å²) in [5.74, 6) is 0.00360. The summed E-state index contributed by atoms with van der Waals surface area (Å²) in [6.45, 7) is 5.51. The van der Waals surface area contributed by atoms with Crippen LogP contribution in [0.4, 0.5) is 4.39 Å². The first-order valence-electron chi connectivity index (χ1n) is 6.40. The Kier molecular flexibility index (Phi) is 4.13. The van der Waals surface area contributed by atoms with Crippen molar-refractivity contribution >= 4 is 5.78 Å². The molecule has 0 unspecified atom stereocenters. The van der Waals surface area contributed by atoms with E-state index in [0.29, 0.717) is 22.4 Å². The quantitative estimate of drug-likeness (QED) is 0.800. The Bertz CT molecular complexity index is 638. The highest BCUT2D eigenvalue weighted by molar-refractivity contribution is 6.09. The van der Waals surface area contributed by atoms with Crippen molar-refractivity contribution in [2.24, 2.45) is 0 Å². The summed E-state index contributed by atoms with van der Waals surface area (Å²) >= 11 is 0. The maximum absolute atomic E-state index is 13.1. The average molecular weight is 273 g/mol. The van der Waals surface area contributed by atoms with Crippen LogP contribution in [0.3, 0.4) is 0 Å². The van der Waals surface area contributed by atoms with Crippen LogP contribution in [0.25, 0.3) is 0 Å². The number of ketones is 1. The number of carbonyl (C=O) groups excluding carboxylic acids is 1. The van der Waals surface area contributed by atoms with E-state index < -0.39 is 0 Å². The minimum Gasteiger partial charge on any atom is -0.489 e. The van der Waals surface area contributed by atoms with Crippen LogP contribution in [0.5, 0.6) is 5.75 Å². The van der Waals surface area contributed by atoms with Gasteiger partial charge in [0.1, 0.15) is 11.6 Å². The number of rotatable bonds is 4. The van der Waals surface area contributed by atoms with Gasteiger partial charge in [-0.15, -0.1) is 0 Å². The van der Waals surface area contributed by atoms with E-state index in [9.17, 15) is 9.18 Å². The molecular weight excluding hydrogens is 257 g/mol. The molecule has 0 radical (unpaired) electrons. The molecule has 2 aromatic rings. The van der Waals surface area contributed by atoms with Gasteiger partial charge in [0.15, 0.2) is 5.78 Å². The Balaban J connectivity index is 2.33. The highest BCUT2D eigenvalue weighted by Crippen LogP contribution is 2.18. The second-order valence-corrected chi connectivity index (χ2v) is 4.86.